The number of nitrogens with zero attached hydrogens (tertiary/aromatic N) is 2. The van der Waals surface area contributed by atoms with Gasteiger partial charge in [0.15, 0.2) is 0 Å². The van der Waals surface area contributed by atoms with E-state index in [9.17, 15) is 13.2 Å². The molecule has 34 heavy (non-hydrogen) atoms. The maximum atomic E-state index is 12.6. The lowest BCUT2D eigenvalue weighted by Gasteiger charge is -2.12. The van der Waals surface area contributed by atoms with Crippen LogP contribution in [0.15, 0.2) is 65.8 Å². The summed E-state index contributed by atoms with van der Waals surface area (Å²) in [6.07, 6.45) is 3.35. The lowest BCUT2D eigenvalue weighted by atomic mass is 10.2. The van der Waals surface area contributed by atoms with E-state index in [0.717, 1.165) is 19.4 Å². The van der Waals surface area contributed by atoms with Gasteiger partial charge in [-0.25, -0.2) is 18.4 Å². The van der Waals surface area contributed by atoms with Gasteiger partial charge < -0.3 is 19.5 Å². The number of methoxy groups -OCH3 is 1. The highest BCUT2D eigenvalue weighted by atomic mass is 32.2. The van der Waals surface area contributed by atoms with E-state index in [4.69, 9.17) is 14.2 Å². The van der Waals surface area contributed by atoms with Crippen LogP contribution in [0.1, 0.15) is 23.2 Å². The molecular weight excluding hydrogens is 460 g/mol. The molecule has 0 bridgehead atoms. The van der Waals surface area contributed by atoms with Crippen molar-refractivity contribution in [2.24, 2.45) is 0 Å². The lowest BCUT2D eigenvalue weighted by Crippen LogP contribution is -2.16. The Labute approximate surface area is 197 Å². The number of nitrogens with one attached hydrogen (secondary N) is 2. The fourth-order valence-corrected chi connectivity index (χ4v) is 4.29. The number of carbonyl (C=O) groups is 1. The Bertz CT molecular complexity index is 1230. The number of hydrogen-bond donors (Lipinski definition) is 2. The topological polar surface area (TPSA) is 129 Å². The average molecular weight is 485 g/mol. The van der Waals surface area contributed by atoms with Gasteiger partial charge in [0, 0.05) is 23.9 Å². The molecule has 1 atom stereocenters. The number of hydrogen-bond acceptors (Lipinski definition) is 8. The fraction of sp³-hybridized carbons (Fsp3) is 0.261. The number of ether oxygens (including phenoxy) is 3. The van der Waals surface area contributed by atoms with Crippen LogP contribution in [0.3, 0.4) is 0 Å². The molecule has 1 aliphatic rings. The van der Waals surface area contributed by atoms with Gasteiger partial charge in [-0.05, 0) is 61.4 Å². The molecule has 1 saturated heterocycles. The van der Waals surface area contributed by atoms with E-state index >= 15 is 0 Å². The molecule has 1 amide bonds. The highest BCUT2D eigenvalue weighted by Gasteiger charge is 2.17. The van der Waals surface area contributed by atoms with Crippen LogP contribution >= 0.6 is 0 Å². The summed E-state index contributed by atoms with van der Waals surface area (Å²) >= 11 is 0. The smallest absolute Gasteiger partial charge is 0.263 e. The molecule has 2 N–H and O–H groups in total. The minimum absolute atomic E-state index is 0.0100. The van der Waals surface area contributed by atoms with Crippen LogP contribution in [0.25, 0.3) is 0 Å². The van der Waals surface area contributed by atoms with Gasteiger partial charge >= 0.3 is 0 Å². The van der Waals surface area contributed by atoms with Crippen molar-refractivity contribution in [2.75, 3.05) is 30.4 Å². The normalized spacial score (nSPS) is 15.5. The van der Waals surface area contributed by atoms with E-state index < -0.39 is 10.0 Å². The second kappa shape index (κ2) is 10.5. The van der Waals surface area contributed by atoms with Gasteiger partial charge in [-0.1, -0.05) is 0 Å². The second-order valence-corrected chi connectivity index (χ2v) is 9.18. The van der Waals surface area contributed by atoms with Gasteiger partial charge in [-0.15, -0.1) is 0 Å². The third kappa shape index (κ3) is 6.00. The zero-order valence-corrected chi connectivity index (χ0v) is 19.2. The number of aromatic nitrogens is 2. The summed E-state index contributed by atoms with van der Waals surface area (Å²) in [5.74, 6) is 0.642. The van der Waals surface area contributed by atoms with Crippen molar-refractivity contribution in [2.45, 2.75) is 23.8 Å². The Hall–Kier alpha value is -3.70. The van der Waals surface area contributed by atoms with Crippen LogP contribution in [-0.4, -0.2) is 50.7 Å². The Morgan fingerprint density at radius 2 is 1.88 bits per heavy atom. The third-order valence-corrected chi connectivity index (χ3v) is 6.46. The molecule has 2 heterocycles. The minimum Gasteiger partial charge on any atom is -0.491 e. The molecule has 178 valence electrons. The van der Waals surface area contributed by atoms with Crippen molar-refractivity contribution in [3.63, 3.8) is 0 Å². The molecule has 4 rings (SSSR count). The van der Waals surface area contributed by atoms with Crippen molar-refractivity contribution in [1.82, 2.24) is 9.97 Å². The van der Waals surface area contributed by atoms with E-state index in [2.05, 4.69) is 20.0 Å². The van der Waals surface area contributed by atoms with Gasteiger partial charge in [-0.3, -0.25) is 9.52 Å². The minimum atomic E-state index is -3.88. The maximum absolute atomic E-state index is 12.6. The predicted octanol–water partition coefficient (Wildman–Crippen LogP) is 3.10. The first-order valence-electron chi connectivity index (χ1n) is 10.6. The lowest BCUT2D eigenvalue weighted by molar-refractivity contribution is 0.0679. The summed E-state index contributed by atoms with van der Waals surface area (Å²) in [6, 6.07) is 13.9. The molecule has 10 nitrogen and oxygen atoms in total. The molecule has 0 radical (unpaired) electrons. The van der Waals surface area contributed by atoms with Gasteiger partial charge in [0.2, 0.25) is 5.88 Å². The van der Waals surface area contributed by atoms with Gasteiger partial charge in [0.05, 0.1) is 18.1 Å². The van der Waals surface area contributed by atoms with Gasteiger partial charge in [0.1, 0.15) is 24.5 Å². The molecule has 1 fully saturated rings. The number of benzene rings is 2. The monoisotopic (exact) mass is 484 g/mol. The number of carbonyl (C=O) groups excluding carboxylic acids is 1. The Morgan fingerprint density at radius 1 is 1.12 bits per heavy atom. The van der Waals surface area contributed by atoms with Crippen molar-refractivity contribution >= 4 is 27.4 Å². The number of rotatable bonds is 9. The maximum Gasteiger partial charge on any atom is 0.263 e. The first kappa shape index (κ1) is 23.5. The van der Waals surface area contributed by atoms with Crippen molar-refractivity contribution < 1.29 is 27.4 Å². The van der Waals surface area contributed by atoms with Crippen molar-refractivity contribution in [3.05, 3.63) is 66.5 Å². The Balaban J connectivity index is 1.34. The van der Waals surface area contributed by atoms with Gasteiger partial charge in [0.25, 0.3) is 15.9 Å². The highest BCUT2D eigenvalue weighted by Crippen LogP contribution is 2.20. The van der Waals surface area contributed by atoms with Crippen molar-refractivity contribution in [3.8, 4) is 11.6 Å². The van der Waals surface area contributed by atoms with E-state index in [0.29, 0.717) is 23.6 Å². The molecule has 2 aromatic carbocycles. The molecule has 0 aliphatic carbocycles. The first-order chi connectivity index (χ1) is 16.4. The van der Waals surface area contributed by atoms with Crippen LogP contribution in [-0.2, 0) is 14.8 Å². The summed E-state index contributed by atoms with van der Waals surface area (Å²) in [5, 5.41) is 2.75. The zero-order valence-electron chi connectivity index (χ0n) is 18.4. The first-order valence-corrected chi connectivity index (χ1v) is 12.1. The summed E-state index contributed by atoms with van der Waals surface area (Å²) in [5.41, 5.74) is 0.895. The van der Waals surface area contributed by atoms with Gasteiger partial charge in [-0.2, -0.15) is 0 Å². The van der Waals surface area contributed by atoms with Crippen LogP contribution < -0.4 is 19.5 Å². The fourth-order valence-electron chi connectivity index (χ4n) is 3.29. The molecule has 3 aromatic rings. The van der Waals surface area contributed by atoms with Crippen LogP contribution in [0, 0.1) is 0 Å². The third-order valence-electron chi connectivity index (χ3n) is 5.09. The summed E-state index contributed by atoms with van der Waals surface area (Å²) in [4.78, 5) is 20.3. The molecule has 0 saturated carbocycles. The quantitative estimate of drug-likeness (QED) is 0.474. The number of anilines is 2. The van der Waals surface area contributed by atoms with E-state index in [1.807, 2.05) is 0 Å². The van der Waals surface area contributed by atoms with Crippen LogP contribution in [0.4, 0.5) is 11.5 Å². The standard InChI is InChI=1S/C23H24N4O6S/c1-31-22-13-21(24-15-25-22)27-34(29,30)20-10-6-17(7-11-20)26-23(28)16-4-8-18(9-5-16)33-14-19-3-2-12-32-19/h4-11,13,15,19H,2-3,12,14H2,1H3,(H,26,28)(H,24,25,27). The summed E-state index contributed by atoms with van der Waals surface area (Å²) in [7, 11) is -2.46. The van der Waals surface area contributed by atoms with E-state index in [1.54, 1.807) is 24.3 Å². The van der Waals surface area contributed by atoms with Crippen LogP contribution in [0.5, 0.6) is 11.6 Å². The molecule has 11 heteroatoms. The van der Waals surface area contributed by atoms with Crippen LogP contribution in [0.2, 0.25) is 0 Å². The molecule has 1 unspecified atom stereocenters. The number of sulfonamides is 1. The Kier molecular flexibility index (Phi) is 7.24. The van der Waals surface area contributed by atoms with E-state index in [-0.39, 0.29) is 28.6 Å². The SMILES string of the molecule is COc1cc(NS(=O)(=O)c2ccc(NC(=O)c3ccc(OCC4CCCO4)cc3)cc2)ncn1. The summed E-state index contributed by atoms with van der Waals surface area (Å²) < 4.78 is 43.8. The zero-order chi connectivity index (χ0) is 24.0. The molecule has 1 aliphatic heterocycles. The summed E-state index contributed by atoms with van der Waals surface area (Å²) in [6.45, 7) is 1.26. The largest absolute Gasteiger partial charge is 0.491 e. The average Bonchev–Trinajstić information content (AvgIpc) is 3.37. The van der Waals surface area contributed by atoms with E-state index in [1.165, 1.54) is 43.8 Å². The van der Waals surface area contributed by atoms with Crippen molar-refractivity contribution in [1.29, 1.82) is 0 Å². The highest BCUT2D eigenvalue weighted by molar-refractivity contribution is 7.92. The molecule has 0 spiro atoms. The molecular formula is C23H24N4O6S. The molecule has 1 aromatic heterocycles. The number of amides is 1. The Morgan fingerprint density at radius 3 is 2.56 bits per heavy atom. The predicted molar refractivity (Wildman–Crippen MR) is 125 cm³/mol. The second-order valence-electron chi connectivity index (χ2n) is 7.50.